The molecule has 1 N–H and O–H groups in total. The number of hydrogen-bond acceptors (Lipinski definition) is 2. The molecule has 1 aromatic carbocycles. The summed E-state index contributed by atoms with van der Waals surface area (Å²) in [4.78, 5) is 7.12. The van der Waals surface area contributed by atoms with Crippen molar-refractivity contribution >= 4 is 17.2 Å². The van der Waals surface area contributed by atoms with E-state index >= 15 is 0 Å². The number of nitrogens with zero attached hydrogens (tertiary/aromatic N) is 1. The first-order valence-electron chi connectivity index (χ1n) is 4.75. The largest absolute Gasteiger partial charge is 0.497 e. The Morgan fingerprint density at radius 3 is 2.94 bits per heavy atom. The van der Waals surface area contributed by atoms with E-state index < -0.39 is 0 Å². The minimum absolute atomic E-state index is 0.627. The van der Waals surface area contributed by atoms with Crippen molar-refractivity contribution in [1.82, 2.24) is 9.97 Å². The van der Waals surface area contributed by atoms with Crippen LogP contribution in [-0.4, -0.2) is 17.1 Å². The Labute approximate surface area is 98.7 Å². The van der Waals surface area contributed by atoms with E-state index in [0.717, 1.165) is 16.9 Å². The molecule has 0 aliphatic carbocycles. The highest BCUT2D eigenvalue weighted by atomic mass is 35.5. The Kier molecular flexibility index (Phi) is 2.97. The number of aromatic amines is 1. The van der Waals surface area contributed by atoms with Gasteiger partial charge in [-0.05, 0) is 18.2 Å². The third kappa shape index (κ3) is 1.95. The number of aromatic nitrogens is 2. The minimum Gasteiger partial charge on any atom is -0.497 e. The Morgan fingerprint density at radius 2 is 2.31 bits per heavy atom. The molecule has 0 aliphatic rings. The highest BCUT2D eigenvalue weighted by molar-refractivity contribution is 6.32. The molecule has 0 saturated heterocycles. The number of methoxy groups -OCH3 is 1. The van der Waals surface area contributed by atoms with Gasteiger partial charge in [-0.1, -0.05) is 18.2 Å². The van der Waals surface area contributed by atoms with Crippen LogP contribution in [0.3, 0.4) is 0 Å². The summed E-state index contributed by atoms with van der Waals surface area (Å²) >= 11 is 6.11. The van der Waals surface area contributed by atoms with Crippen molar-refractivity contribution < 1.29 is 4.74 Å². The standard InChI is InChI=1S/C12H11ClN2O/c1-8(12-14-5-6-15-12)10-7-9(16-2)3-4-11(10)13/h3-7H,1H2,2H3,(H,14,15). The van der Waals surface area contributed by atoms with Crippen molar-refractivity contribution in [3.05, 3.63) is 53.6 Å². The molecular weight excluding hydrogens is 224 g/mol. The lowest BCUT2D eigenvalue weighted by atomic mass is 10.1. The predicted molar refractivity (Wildman–Crippen MR) is 64.7 cm³/mol. The van der Waals surface area contributed by atoms with E-state index in [-0.39, 0.29) is 0 Å². The average Bonchev–Trinajstić information content (AvgIpc) is 2.82. The van der Waals surface area contributed by atoms with E-state index in [1.807, 2.05) is 6.07 Å². The Morgan fingerprint density at radius 1 is 1.50 bits per heavy atom. The molecule has 1 heterocycles. The van der Waals surface area contributed by atoms with Gasteiger partial charge in [0.2, 0.25) is 0 Å². The van der Waals surface area contributed by atoms with Gasteiger partial charge in [0.15, 0.2) is 0 Å². The van der Waals surface area contributed by atoms with Crippen LogP contribution in [0.15, 0.2) is 37.2 Å². The normalized spacial score (nSPS) is 10.1. The number of H-pyrrole nitrogens is 1. The lowest BCUT2D eigenvalue weighted by Gasteiger charge is -2.07. The van der Waals surface area contributed by atoms with Crippen LogP contribution >= 0.6 is 11.6 Å². The van der Waals surface area contributed by atoms with Gasteiger partial charge in [0.25, 0.3) is 0 Å². The predicted octanol–water partition coefficient (Wildman–Crippen LogP) is 3.13. The maximum absolute atomic E-state index is 6.11. The van der Waals surface area contributed by atoms with Crippen molar-refractivity contribution in [3.8, 4) is 5.75 Å². The van der Waals surface area contributed by atoms with Crippen LogP contribution in [0.4, 0.5) is 0 Å². The molecule has 82 valence electrons. The molecule has 0 atom stereocenters. The van der Waals surface area contributed by atoms with Gasteiger partial charge in [0, 0.05) is 28.6 Å². The van der Waals surface area contributed by atoms with E-state index in [0.29, 0.717) is 10.8 Å². The van der Waals surface area contributed by atoms with E-state index in [1.54, 1.807) is 31.6 Å². The number of nitrogens with one attached hydrogen (secondary N) is 1. The highest BCUT2D eigenvalue weighted by Crippen LogP contribution is 2.29. The fourth-order valence-corrected chi connectivity index (χ4v) is 1.65. The number of hydrogen-bond donors (Lipinski definition) is 1. The molecule has 4 heteroatoms. The molecule has 0 fully saturated rings. The van der Waals surface area contributed by atoms with Crippen LogP contribution in [0, 0.1) is 0 Å². The molecule has 2 aromatic rings. The number of imidazole rings is 1. The van der Waals surface area contributed by atoms with Gasteiger partial charge in [-0.15, -0.1) is 0 Å². The summed E-state index contributed by atoms with van der Waals surface area (Å²) in [5.41, 5.74) is 1.56. The smallest absolute Gasteiger partial charge is 0.137 e. The van der Waals surface area contributed by atoms with Gasteiger partial charge in [-0.25, -0.2) is 4.98 Å². The number of benzene rings is 1. The van der Waals surface area contributed by atoms with Crippen LogP contribution in [0.25, 0.3) is 5.57 Å². The summed E-state index contributed by atoms with van der Waals surface area (Å²) in [6.07, 6.45) is 3.42. The zero-order chi connectivity index (χ0) is 11.5. The fourth-order valence-electron chi connectivity index (χ4n) is 1.42. The van der Waals surface area contributed by atoms with Gasteiger partial charge < -0.3 is 9.72 Å². The van der Waals surface area contributed by atoms with Crippen molar-refractivity contribution in [2.45, 2.75) is 0 Å². The zero-order valence-electron chi connectivity index (χ0n) is 8.83. The van der Waals surface area contributed by atoms with Crippen LogP contribution in [0.5, 0.6) is 5.75 Å². The second-order valence-corrected chi connectivity index (χ2v) is 3.67. The lowest BCUT2D eigenvalue weighted by Crippen LogP contribution is -1.91. The molecule has 3 nitrogen and oxygen atoms in total. The van der Waals surface area contributed by atoms with Crippen LogP contribution < -0.4 is 4.74 Å². The minimum atomic E-state index is 0.627. The van der Waals surface area contributed by atoms with Gasteiger partial charge in [-0.2, -0.15) is 0 Å². The zero-order valence-corrected chi connectivity index (χ0v) is 9.58. The van der Waals surface area contributed by atoms with E-state index in [9.17, 15) is 0 Å². The second kappa shape index (κ2) is 4.41. The Hall–Kier alpha value is -1.74. The van der Waals surface area contributed by atoms with E-state index in [2.05, 4.69) is 16.5 Å². The van der Waals surface area contributed by atoms with Gasteiger partial charge in [0.05, 0.1) is 7.11 Å². The van der Waals surface area contributed by atoms with Gasteiger partial charge in [-0.3, -0.25) is 0 Å². The quantitative estimate of drug-likeness (QED) is 0.886. The van der Waals surface area contributed by atoms with Gasteiger partial charge in [0.1, 0.15) is 11.6 Å². The first kappa shape index (κ1) is 10.8. The molecule has 1 aromatic heterocycles. The number of halogens is 1. The summed E-state index contributed by atoms with van der Waals surface area (Å²) in [6, 6.07) is 5.43. The third-order valence-corrected chi connectivity index (χ3v) is 2.61. The molecule has 0 spiro atoms. The van der Waals surface area contributed by atoms with Gasteiger partial charge >= 0.3 is 0 Å². The number of rotatable bonds is 3. The molecule has 0 bridgehead atoms. The maximum Gasteiger partial charge on any atom is 0.137 e. The van der Waals surface area contributed by atoms with Crippen LogP contribution in [0.2, 0.25) is 5.02 Å². The molecule has 0 aliphatic heterocycles. The Balaban J connectivity index is 2.43. The molecule has 0 radical (unpaired) electrons. The van der Waals surface area contributed by atoms with Crippen molar-refractivity contribution in [2.24, 2.45) is 0 Å². The summed E-state index contributed by atoms with van der Waals surface area (Å²) in [5.74, 6) is 1.45. The summed E-state index contributed by atoms with van der Waals surface area (Å²) in [6.45, 7) is 3.97. The maximum atomic E-state index is 6.11. The first-order chi connectivity index (χ1) is 7.72. The molecule has 0 amide bonds. The Bertz CT molecular complexity index is 506. The van der Waals surface area contributed by atoms with Crippen molar-refractivity contribution in [2.75, 3.05) is 7.11 Å². The molecular formula is C12H11ClN2O. The van der Waals surface area contributed by atoms with Crippen molar-refractivity contribution in [3.63, 3.8) is 0 Å². The molecule has 16 heavy (non-hydrogen) atoms. The summed E-state index contributed by atoms with van der Waals surface area (Å²) in [5, 5.41) is 0.627. The topological polar surface area (TPSA) is 37.9 Å². The van der Waals surface area contributed by atoms with E-state index in [4.69, 9.17) is 16.3 Å². The second-order valence-electron chi connectivity index (χ2n) is 3.26. The summed E-state index contributed by atoms with van der Waals surface area (Å²) in [7, 11) is 1.61. The lowest BCUT2D eigenvalue weighted by molar-refractivity contribution is 0.414. The molecule has 2 rings (SSSR count). The monoisotopic (exact) mass is 234 g/mol. The first-order valence-corrected chi connectivity index (χ1v) is 5.12. The fraction of sp³-hybridized carbons (Fsp3) is 0.0833. The third-order valence-electron chi connectivity index (χ3n) is 2.28. The van der Waals surface area contributed by atoms with E-state index in [1.165, 1.54) is 0 Å². The highest BCUT2D eigenvalue weighted by Gasteiger charge is 2.09. The van der Waals surface area contributed by atoms with Crippen LogP contribution in [-0.2, 0) is 0 Å². The molecule has 0 unspecified atom stereocenters. The number of ether oxygens (including phenoxy) is 1. The SMILES string of the molecule is C=C(c1ncc[nH]1)c1cc(OC)ccc1Cl. The van der Waals surface area contributed by atoms with Crippen LogP contribution in [0.1, 0.15) is 11.4 Å². The average molecular weight is 235 g/mol. The summed E-state index contributed by atoms with van der Waals surface area (Å²) < 4.78 is 5.15. The van der Waals surface area contributed by atoms with Crippen molar-refractivity contribution in [1.29, 1.82) is 0 Å². The molecule has 0 saturated carbocycles.